The second kappa shape index (κ2) is 9.13. The smallest absolute Gasteiger partial charge is 0.234 e. The highest BCUT2D eigenvalue weighted by Crippen LogP contribution is 2.28. The van der Waals surface area contributed by atoms with E-state index in [9.17, 15) is 4.79 Å². The highest BCUT2D eigenvalue weighted by Gasteiger charge is 2.22. The van der Waals surface area contributed by atoms with E-state index in [1.165, 1.54) is 31.0 Å². The largest absolute Gasteiger partial charge is 0.341 e. The second-order valence-electron chi connectivity index (χ2n) is 7.21. The van der Waals surface area contributed by atoms with Crippen LogP contribution in [0.3, 0.4) is 0 Å². The van der Waals surface area contributed by atoms with E-state index in [-0.39, 0.29) is 11.7 Å². The molecule has 1 saturated heterocycles. The molecule has 1 N–H and O–H groups in total. The van der Waals surface area contributed by atoms with E-state index >= 15 is 0 Å². The summed E-state index contributed by atoms with van der Waals surface area (Å²) in [4.78, 5) is 14.7. The molecule has 0 bridgehead atoms. The molecule has 0 radical (unpaired) electrons. The lowest BCUT2D eigenvalue weighted by atomic mass is 10.1. The number of aryl methyl sites for hydroxylation is 1. The summed E-state index contributed by atoms with van der Waals surface area (Å²) in [7, 11) is 0. The van der Waals surface area contributed by atoms with Crippen LogP contribution in [0.5, 0.6) is 0 Å². The first-order valence-electron chi connectivity index (χ1n) is 9.96. The van der Waals surface area contributed by atoms with Crippen LogP contribution in [-0.4, -0.2) is 39.5 Å². The van der Waals surface area contributed by atoms with Gasteiger partial charge in [-0.25, -0.2) is 0 Å². The van der Waals surface area contributed by atoms with Gasteiger partial charge < -0.3 is 10.2 Å². The molecule has 0 atom stereocenters. The molecule has 2 aromatic carbocycles. The lowest BCUT2D eigenvalue weighted by Gasteiger charge is -2.27. The van der Waals surface area contributed by atoms with Crippen LogP contribution in [0.15, 0.2) is 59.8 Å². The Labute approximate surface area is 175 Å². The van der Waals surface area contributed by atoms with Crippen molar-refractivity contribution in [1.82, 2.24) is 14.8 Å². The number of aromatic nitrogens is 3. The lowest BCUT2D eigenvalue weighted by molar-refractivity contribution is -0.113. The van der Waals surface area contributed by atoms with E-state index in [1.807, 2.05) is 61.5 Å². The van der Waals surface area contributed by atoms with Gasteiger partial charge in [0.25, 0.3) is 0 Å². The number of hydrogen-bond donors (Lipinski definition) is 1. The molecule has 0 saturated carbocycles. The minimum atomic E-state index is -0.0530. The molecular formula is C22H25N5OS. The van der Waals surface area contributed by atoms with Crippen molar-refractivity contribution in [2.24, 2.45) is 0 Å². The normalized spacial score (nSPS) is 14.0. The first-order valence-corrected chi connectivity index (χ1v) is 10.9. The molecule has 1 amide bonds. The Balaban J connectivity index is 1.52. The van der Waals surface area contributed by atoms with Gasteiger partial charge >= 0.3 is 0 Å². The van der Waals surface area contributed by atoms with Gasteiger partial charge in [-0.3, -0.25) is 9.36 Å². The zero-order valence-corrected chi connectivity index (χ0v) is 17.4. The fourth-order valence-electron chi connectivity index (χ4n) is 3.51. The number of nitrogens with one attached hydrogen (secondary N) is 1. The number of carbonyl (C=O) groups is 1. The zero-order chi connectivity index (χ0) is 20.1. The molecule has 1 aliphatic rings. The maximum atomic E-state index is 12.5. The van der Waals surface area contributed by atoms with Crippen molar-refractivity contribution < 1.29 is 4.79 Å². The molecule has 2 heterocycles. The van der Waals surface area contributed by atoms with Gasteiger partial charge in [-0.15, -0.1) is 10.2 Å². The predicted molar refractivity (Wildman–Crippen MR) is 118 cm³/mol. The van der Waals surface area contributed by atoms with Crippen LogP contribution in [0.4, 0.5) is 11.6 Å². The second-order valence-corrected chi connectivity index (χ2v) is 8.15. The molecule has 7 heteroatoms. The monoisotopic (exact) mass is 407 g/mol. The number of benzene rings is 2. The van der Waals surface area contributed by atoms with Gasteiger partial charge in [-0.2, -0.15) is 0 Å². The van der Waals surface area contributed by atoms with Crippen molar-refractivity contribution in [1.29, 1.82) is 0 Å². The third-order valence-corrected chi connectivity index (χ3v) is 5.83. The van der Waals surface area contributed by atoms with Gasteiger partial charge in [0.15, 0.2) is 5.16 Å². The van der Waals surface area contributed by atoms with Gasteiger partial charge in [-0.1, -0.05) is 42.1 Å². The molecule has 1 aliphatic heterocycles. The SMILES string of the molecule is Cc1cccc(NC(=O)CSc2nnc(N3CCCCC3)n2-c2ccccc2)c1. The number of anilines is 2. The van der Waals surface area contributed by atoms with E-state index in [0.717, 1.165) is 41.1 Å². The van der Waals surface area contributed by atoms with Crippen LogP contribution in [0.25, 0.3) is 5.69 Å². The average molecular weight is 408 g/mol. The summed E-state index contributed by atoms with van der Waals surface area (Å²) in [5.74, 6) is 1.08. The van der Waals surface area contributed by atoms with Gasteiger partial charge in [0.05, 0.1) is 11.4 Å². The summed E-state index contributed by atoms with van der Waals surface area (Å²) in [6, 6.07) is 17.9. The van der Waals surface area contributed by atoms with Crippen LogP contribution in [0, 0.1) is 6.92 Å². The van der Waals surface area contributed by atoms with Crippen LogP contribution < -0.4 is 10.2 Å². The first kappa shape index (κ1) is 19.5. The van der Waals surface area contributed by atoms with E-state index in [4.69, 9.17) is 0 Å². The Hall–Kier alpha value is -2.80. The first-order chi connectivity index (χ1) is 14.2. The molecule has 0 aliphatic carbocycles. The molecule has 29 heavy (non-hydrogen) atoms. The minimum Gasteiger partial charge on any atom is -0.341 e. The van der Waals surface area contributed by atoms with Crippen molar-refractivity contribution in [3.05, 3.63) is 60.2 Å². The van der Waals surface area contributed by atoms with Crippen molar-refractivity contribution in [3.8, 4) is 5.69 Å². The number of carbonyl (C=O) groups excluding carboxylic acids is 1. The minimum absolute atomic E-state index is 0.0530. The summed E-state index contributed by atoms with van der Waals surface area (Å²) < 4.78 is 2.07. The third-order valence-electron chi connectivity index (χ3n) is 4.90. The third kappa shape index (κ3) is 4.79. The molecule has 4 rings (SSSR count). The Bertz CT molecular complexity index is 966. The van der Waals surface area contributed by atoms with Crippen LogP contribution in [0.1, 0.15) is 24.8 Å². The number of rotatable bonds is 6. The van der Waals surface area contributed by atoms with Crippen LogP contribution in [0.2, 0.25) is 0 Å². The van der Waals surface area contributed by atoms with E-state index in [1.54, 1.807) is 0 Å². The molecule has 1 fully saturated rings. The summed E-state index contributed by atoms with van der Waals surface area (Å²) >= 11 is 1.41. The van der Waals surface area contributed by atoms with Crippen molar-refractivity contribution in [2.75, 3.05) is 29.1 Å². The Morgan fingerprint density at radius 1 is 1.03 bits per heavy atom. The Morgan fingerprint density at radius 3 is 2.59 bits per heavy atom. The predicted octanol–water partition coefficient (Wildman–Crippen LogP) is 4.30. The maximum Gasteiger partial charge on any atom is 0.234 e. The molecule has 0 unspecified atom stereocenters. The van der Waals surface area contributed by atoms with Crippen molar-refractivity contribution in [3.63, 3.8) is 0 Å². The number of thioether (sulfide) groups is 1. The Morgan fingerprint density at radius 2 is 1.83 bits per heavy atom. The number of piperidine rings is 1. The standard InChI is InChI=1S/C22H25N5OS/c1-17-9-8-10-18(15-17)23-20(28)16-29-22-25-24-21(26-13-6-3-7-14-26)27(22)19-11-4-2-5-12-19/h2,4-5,8-12,15H,3,6-7,13-14,16H2,1H3,(H,23,28). The summed E-state index contributed by atoms with van der Waals surface area (Å²) in [5.41, 5.74) is 2.94. The fourth-order valence-corrected chi connectivity index (χ4v) is 4.25. The van der Waals surface area contributed by atoms with Crippen LogP contribution in [-0.2, 0) is 4.79 Å². The van der Waals surface area contributed by atoms with Gasteiger partial charge in [0.1, 0.15) is 0 Å². The molecular weight excluding hydrogens is 382 g/mol. The Kier molecular flexibility index (Phi) is 6.14. The van der Waals surface area contributed by atoms with E-state index in [0.29, 0.717) is 0 Å². The molecule has 3 aromatic rings. The molecule has 150 valence electrons. The summed E-state index contributed by atoms with van der Waals surface area (Å²) in [6.07, 6.45) is 3.60. The quantitative estimate of drug-likeness (QED) is 0.618. The van der Waals surface area contributed by atoms with Crippen molar-refractivity contribution in [2.45, 2.75) is 31.3 Å². The van der Waals surface area contributed by atoms with E-state index < -0.39 is 0 Å². The van der Waals surface area contributed by atoms with Crippen molar-refractivity contribution >= 4 is 29.3 Å². The summed E-state index contributed by atoms with van der Waals surface area (Å²) in [5, 5.41) is 12.6. The van der Waals surface area contributed by atoms with Crippen LogP contribution >= 0.6 is 11.8 Å². The topological polar surface area (TPSA) is 63.1 Å². The average Bonchev–Trinajstić information content (AvgIpc) is 3.17. The van der Waals surface area contributed by atoms with E-state index in [2.05, 4.69) is 25.0 Å². The zero-order valence-electron chi connectivity index (χ0n) is 16.5. The van der Waals surface area contributed by atoms with Gasteiger partial charge in [0, 0.05) is 18.8 Å². The summed E-state index contributed by atoms with van der Waals surface area (Å²) in [6.45, 7) is 3.99. The van der Waals surface area contributed by atoms with Gasteiger partial charge in [0.2, 0.25) is 11.9 Å². The van der Waals surface area contributed by atoms with Gasteiger partial charge in [-0.05, 0) is 56.0 Å². The fraction of sp³-hybridized carbons (Fsp3) is 0.318. The number of hydrogen-bond acceptors (Lipinski definition) is 5. The highest BCUT2D eigenvalue weighted by atomic mass is 32.2. The molecule has 6 nitrogen and oxygen atoms in total. The lowest BCUT2D eigenvalue weighted by Crippen LogP contribution is -2.31. The number of nitrogens with zero attached hydrogens (tertiary/aromatic N) is 4. The molecule has 0 spiro atoms. The highest BCUT2D eigenvalue weighted by molar-refractivity contribution is 7.99. The maximum absolute atomic E-state index is 12.5. The number of amides is 1. The molecule has 1 aromatic heterocycles. The number of para-hydroxylation sites is 1.